The number of anilines is 2. The van der Waals surface area contributed by atoms with Crippen LogP contribution in [0.25, 0.3) is 0 Å². The minimum atomic E-state index is -3.81. The summed E-state index contributed by atoms with van der Waals surface area (Å²) in [4.78, 5) is 13.4. The number of benzene rings is 3. The average molecular weight is 595 g/mol. The molecule has 1 atom stereocenters. The molecule has 8 nitrogen and oxygen atoms in total. The molecule has 1 saturated heterocycles. The van der Waals surface area contributed by atoms with Crippen LogP contribution in [0.1, 0.15) is 18.4 Å². The first-order chi connectivity index (χ1) is 18.1. The molecule has 5 rings (SSSR count). The van der Waals surface area contributed by atoms with Crippen molar-refractivity contribution >= 4 is 60.5 Å². The molecule has 12 heteroatoms. The summed E-state index contributed by atoms with van der Waals surface area (Å²) >= 11 is 11.8. The number of hydrogen-bond acceptors (Lipinski definition) is 5. The lowest BCUT2D eigenvalue weighted by Gasteiger charge is -2.31. The van der Waals surface area contributed by atoms with E-state index < -0.39 is 26.0 Å². The first-order valence-electron chi connectivity index (χ1n) is 12.0. The van der Waals surface area contributed by atoms with Gasteiger partial charge in [0.05, 0.1) is 21.4 Å². The van der Waals surface area contributed by atoms with Gasteiger partial charge >= 0.3 is 0 Å². The van der Waals surface area contributed by atoms with Gasteiger partial charge < -0.3 is 5.32 Å². The summed E-state index contributed by atoms with van der Waals surface area (Å²) in [5.74, 6) is -0.862. The topological polar surface area (TPSA) is 104 Å². The highest BCUT2D eigenvalue weighted by Crippen LogP contribution is 2.35. The molecule has 1 amide bonds. The van der Waals surface area contributed by atoms with Crippen LogP contribution in [-0.4, -0.2) is 46.7 Å². The number of rotatable bonds is 6. The molecule has 0 radical (unpaired) electrons. The van der Waals surface area contributed by atoms with Crippen LogP contribution in [0, 0.1) is 5.92 Å². The molecule has 3 aromatic rings. The smallest absolute Gasteiger partial charge is 0.264 e. The molecular formula is C26H25Cl2N3O5S2. The van der Waals surface area contributed by atoms with Gasteiger partial charge in [-0.25, -0.2) is 16.8 Å². The highest BCUT2D eigenvalue weighted by molar-refractivity contribution is 7.92. The van der Waals surface area contributed by atoms with Gasteiger partial charge in [-0.3, -0.25) is 9.10 Å². The Labute approximate surface area is 232 Å². The molecule has 2 heterocycles. The van der Waals surface area contributed by atoms with E-state index in [4.69, 9.17) is 23.2 Å². The maximum absolute atomic E-state index is 13.3. The summed E-state index contributed by atoms with van der Waals surface area (Å²) in [6.07, 6.45) is 1.64. The van der Waals surface area contributed by atoms with Crippen molar-refractivity contribution in [3.05, 3.63) is 82.3 Å². The first-order valence-corrected chi connectivity index (χ1v) is 15.7. The zero-order chi connectivity index (χ0) is 27.1. The lowest BCUT2D eigenvalue weighted by molar-refractivity contribution is -0.120. The second-order valence-corrected chi connectivity index (χ2v) is 13.9. The number of nitrogens with zero attached hydrogens (tertiary/aromatic N) is 2. The summed E-state index contributed by atoms with van der Waals surface area (Å²) < 4.78 is 55.4. The van der Waals surface area contributed by atoms with Crippen LogP contribution < -0.4 is 9.62 Å². The predicted molar refractivity (Wildman–Crippen MR) is 148 cm³/mol. The molecule has 1 N–H and O–H groups in total. The summed E-state index contributed by atoms with van der Waals surface area (Å²) in [6, 6.07) is 17.1. The van der Waals surface area contributed by atoms with Gasteiger partial charge in [-0.2, -0.15) is 4.31 Å². The highest BCUT2D eigenvalue weighted by Gasteiger charge is 2.34. The third-order valence-corrected chi connectivity index (χ3v) is 11.0. The van der Waals surface area contributed by atoms with Crippen LogP contribution in [0.2, 0.25) is 10.0 Å². The van der Waals surface area contributed by atoms with Gasteiger partial charge in [0.2, 0.25) is 15.9 Å². The van der Waals surface area contributed by atoms with Gasteiger partial charge in [-0.05, 0) is 85.5 Å². The zero-order valence-corrected chi connectivity index (χ0v) is 23.3. The molecule has 0 aromatic heterocycles. The number of nitrogens with one attached hydrogen (secondary N) is 1. The third-order valence-electron chi connectivity index (χ3n) is 6.81. The summed E-state index contributed by atoms with van der Waals surface area (Å²) in [5.41, 5.74) is 1.82. The minimum absolute atomic E-state index is 0.0544. The second kappa shape index (κ2) is 10.5. The van der Waals surface area contributed by atoms with E-state index >= 15 is 0 Å². The number of sulfonamides is 2. The highest BCUT2D eigenvalue weighted by atomic mass is 35.5. The zero-order valence-electron chi connectivity index (χ0n) is 20.2. The Bertz CT molecular complexity index is 1580. The van der Waals surface area contributed by atoms with E-state index in [-0.39, 0.29) is 28.8 Å². The number of halogens is 2. The molecule has 200 valence electrons. The molecule has 0 spiro atoms. The fourth-order valence-corrected chi connectivity index (χ4v) is 8.06. The van der Waals surface area contributed by atoms with Gasteiger partial charge in [0, 0.05) is 35.4 Å². The summed E-state index contributed by atoms with van der Waals surface area (Å²) in [7, 11) is -7.57. The normalized spacial score (nSPS) is 18.3. The number of carbonyl (C=O) groups is 1. The molecule has 0 aliphatic carbocycles. The Morgan fingerprint density at radius 3 is 2.05 bits per heavy atom. The Morgan fingerprint density at radius 1 is 0.816 bits per heavy atom. The van der Waals surface area contributed by atoms with Crippen molar-refractivity contribution in [2.45, 2.75) is 29.1 Å². The Morgan fingerprint density at radius 2 is 1.42 bits per heavy atom. The average Bonchev–Trinajstić information content (AvgIpc) is 3.33. The van der Waals surface area contributed by atoms with Crippen molar-refractivity contribution in [2.75, 3.05) is 29.3 Å². The Kier molecular flexibility index (Phi) is 7.45. The van der Waals surface area contributed by atoms with E-state index in [0.29, 0.717) is 47.2 Å². The fourth-order valence-electron chi connectivity index (χ4n) is 4.79. The molecule has 0 saturated carbocycles. The van der Waals surface area contributed by atoms with Crippen molar-refractivity contribution in [2.24, 2.45) is 5.92 Å². The van der Waals surface area contributed by atoms with Crippen LogP contribution in [0.5, 0.6) is 0 Å². The van der Waals surface area contributed by atoms with E-state index in [1.807, 2.05) is 0 Å². The number of fused-ring (bicyclic) bond motifs is 1. The van der Waals surface area contributed by atoms with Crippen molar-refractivity contribution in [3.63, 3.8) is 0 Å². The number of carbonyl (C=O) groups excluding carboxylic acids is 1. The van der Waals surface area contributed by atoms with Crippen LogP contribution in [0.3, 0.4) is 0 Å². The van der Waals surface area contributed by atoms with E-state index in [9.17, 15) is 21.6 Å². The number of piperidine rings is 1. The SMILES string of the molecule is O=C(Nc1ccc2c(c1)N(S(=O)(=O)c1ccc(Cl)cc1)CC2)C1CCCN(S(=O)(=O)c2ccc(Cl)cc2)C1. The Hall–Kier alpha value is -2.63. The molecule has 38 heavy (non-hydrogen) atoms. The number of hydrogen-bond donors (Lipinski definition) is 1. The van der Waals surface area contributed by atoms with Gasteiger partial charge in [0.25, 0.3) is 10.0 Å². The fraction of sp³-hybridized carbons (Fsp3) is 0.269. The number of amides is 1. The maximum Gasteiger partial charge on any atom is 0.264 e. The quantitative estimate of drug-likeness (QED) is 0.443. The Balaban J connectivity index is 1.32. The summed E-state index contributed by atoms with van der Waals surface area (Å²) in [5, 5.41) is 3.74. The molecule has 2 aliphatic heterocycles. The first kappa shape index (κ1) is 27.0. The van der Waals surface area contributed by atoms with E-state index in [1.54, 1.807) is 18.2 Å². The third kappa shape index (κ3) is 5.28. The van der Waals surface area contributed by atoms with Crippen molar-refractivity contribution in [1.29, 1.82) is 0 Å². The van der Waals surface area contributed by atoms with Crippen LogP contribution in [0.15, 0.2) is 76.5 Å². The van der Waals surface area contributed by atoms with Crippen LogP contribution in [-0.2, 0) is 31.3 Å². The lowest BCUT2D eigenvalue weighted by Crippen LogP contribution is -2.43. The lowest BCUT2D eigenvalue weighted by atomic mass is 9.98. The molecule has 3 aromatic carbocycles. The molecule has 1 fully saturated rings. The molecule has 1 unspecified atom stereocenters. The molecule has 0 bridgehead atoms. The largest absolute Gasteiger partial charge is 0.326 e. The standard InChI is InChI=1S/C26H25Cl2N3O5S2/c27-20-4-9-23(10-5-20)37(33,34)30-14-1-2-19(17-30)26(32)29-22-8-3-18-13-15-31(25(18)16-22)38(35,36)24-11-6-21(28)7-12-24/h3-12,16,19H,1-2,13-15,17H2,(H,29,32). The summed E-state index contributed by atoms with van der Waals surface area (Å²) in [6.45, 7) is 0.668. The van der Waals surface area contributed by atoms with Gasteiger partial charge in [0.15, 0.2) is 0 Å². The van der Waals surface area contributed by atoms with Crippen molar-refractivity contribution in [3.8, 4) is 0 Å². The van der Waals surface area contributed by atoms with E-state index in [2.05, 4.69) is 5.32 Å². The van der Waals surface area contributed by atoms with E-state index in [0.717, 1.165) is 5.56 Å². The minimum Gasteiger partial charge on any atom is -0.326 e. The van der Waals surface area contributed by atoms with Gasteiger partial charge in [-0.15, -0.1) is 0 Å². The monoisotopic (exact) mass is 593 g/mol. The van der Waals surface area contributed by atoms with Crippen LogP contribution in [0.4, 0.5) is 11.4 Å². The van der Waals surface area contributed by atoms with Crippen molar-refractivity contribution < 1.29 is 21.6 Å². The predicted octanol–water partition coefficient (Wildman–Crippen LogP) is 4.78. The maximum atomic E-state index is 13.3. The molecular weight excluding hydrogens is 569 g/mol. The van der Waals surface area contributed by atoms with E-state index in [1.165, 1.54) is 57.1 Å². The van der Waals surface area contributed by atoms with Gasteiger partial charge in [-0.1, -0.05) is 29.3 Å². The van der Waals surface area contributed by atoms with Gasteiger partial charge in [0.1, 0.15) is 0 Å². The second-order valence-electron chi connectivity index (χ2n) is 9.27. The van der Waals surface area contributed by atoms with Crippen molar-refractivity contribution in [1.82, 2.24) is 4.31 Å². The van der Waals surface area contributed by atoms with Crippen LogP contribution >= 0.6 is 23.2 Å². The molecule has 2 aliphatic rings.